The zero-order valence-corrected chi connectivity index (χ0v) is 34.1. The third kappa shape index (κ3) is 4.03. The Balaban J connectivity index is 0.982. The van der Waals surface area contributed by atoms with E-state index in [0.29, 0.717) is 31.7 Å². The Bertz CT molecular complexity index is 3630. The van der Waals surface area contributed by atoms with Crippen LogP contribution in [-0.2, 0) is 22.3 Å². The summed E-state index contributed by atoms with van der Waals surface area (Å²) >= 11 is 0. The van der Waals surface area contributed by atoms with Crippen molar-refractivity contribution in [3.63, 3.8) is 0 Å². The largest absolute Gasteiger partial charge is 0.382 e. The van der Waals surface area contributed by atoms with E-state index in [9.17, 15) is 0 Å². The van der Waals surface area contributed by atoms with Gasteiger partial charge in [0.05, 0.1) is 19.8 Å². The fourth-order valence-corrected chi connectivity index (χ4v) is 13.6. The van der Waals surface area contributed by atoms with Crippen molar-refractivity contribution >= 4 is 99.0 Å². The zero-order chi connectivity index (χ0) is 39.8. The van der Waals surface area contributed by atoms with Crippen LogP contribution in [0, 0.1) is 0 Å². The van der Waals surface area contributed by atoms with E-state index in [-0.39, 0.29) is 6.04 Å². The standard InChI is InChI=1S/C57H42N2O2/c1-30-43-32-10-9-11-33-25-35-27-40-42-29-58(20-21-61-23-22-60-2)57(31-16-18-39(19-17-31)59(37-12-5-3-6-13-37)38-14-7-4-8-15-38)49(42)41-28-36-26-34(24-32)46-48(36)55-51(41)50(40)54-47(35)45(33)44(30)53(52(43)46)56(54)55/h3-19,24,27-28,42,49,57H,1,20-23,25-26,29H2,2H3. The molecule has 3 atom stereocenters. The lowest BCUT2D eigenvalue weighted by molar-refractivity contribution is 0.0545. The smallest absolute Gasteiger partial charge is 0.0700 e. The van der Waals surface area contributed by atoms with E-state index in [1.807, 2.05) is 0 Å². The summed E-state index contributed by atoms with van der Waals surface area (Å²) in [5, 5.41) is 22.1. The first-order valence-electron chi connectivity index (χ1n) is 22.2. The summed E-state index contributed by atoms with van der Waals surface area (Å²) in [6.07, 6.45) is 1.97. The van der Waals surface area contributed by atoms with Crippen molar-refractivity contribution in [3.8, 4) is 0 Å². The molecule has 0 aromatic heterocycles. The third-order valence-corrected chi connectivity index (χ3v) is 15.7. The van der Waals surface area contributed by atoms with Crippen LogP contribution in [0.2, 0.25) is 0 Å². The summed E-state index contributed by atoms with van der Waals surface area (Å²) in [6.45, 7) is 8.71. The maximum absolute atomic E-state index is 6.24. The molecule has 0 saturated carbocycles. The lowest BCUT2D eigenvalue weighted by Crippen LogP contribution is -2.29. The van der Waals surface area contributed by atoms with Crippen molar-refractivity contribution in [2.24, 2.45) is 0 Å². The number of rotatable bonds is 10. The molecule has 61 heavy (non-hydrogen) atoms. The first kappa shape index (κ1) is 33.4. The van der Waals surface area contributed by atoms with Gasteiger partial charge >= 0.3 is 0 Å². The summed E-state index contributed by atoms with van der Waals surface area (Å²) in [5.41, 5.74) is 14.0. The lowest BCUT2D eigenvalue weighted by atomic mass is 9.71. The van der Waals surface area contributed by atoms with Crippen LogP contribution in [-0.4, -0.2) is 44.9 Å². The van der Waals surface area contributed by atoms with E-state index >= 15 is 0 Å². The number of hydrogen-bond acceptors (Lipinski definition) is 4. The van der Waals surface area contributed by atoms with Crippen LogP contribution in [0.15, 0.2) is 121 Å². The van der Waals surface area contributed by atoms with Gasteiger partial charge in [-0.25, -0.2) is 0 Å². The molecule has 3 unspecified atom stereocenters. The Morgan fingerprint density at radius 2 is 1.13 bits per heavy atom. The van der Waals surface area contributed by atoms with Gasteiger partial charge in [-0.05, 0) is 169 Å². The summed E-state index contributed by atoms with van der Waals surface area (Å²) in [6, 6.07) is 46.3. The van der Waals surface area contributed by atoms with Crippen molar-refractivity contribution < 1.29 is 9.47 Å². The number of fused-ring (bicyclic) bond motifs is 3. The van der Waals surface area contributed by atoms with Crippen LogP contribution in [0.25, 0.3) is 82.0 Å². The van der Waals surface area contributed by atoms with Crippen LogP contribution in [0.3, 0.4) is 0 Å². The molecule has 1 heterocycles. The minimum atomic E-state index is 0.193. The Morgan fingerprint density at radius 1 is 0.541 bits per heavy atom. The number of para-hydroxylation sites is 2. The van der Waals surface area contributed by atoms with Gasteiger partial charge in [-0.15, -0.1) is 0 Å². The van der Waals surface area contributed by atoms with E-state index in [0.717, 1.165) is 43.0 Å². The number of hydrogen-bond donors (Lipinski definition) is 0. The molecule has 4 heteroatoms. The van der Waals surface area contributed by atoms with Crippen LogP contribution in [0.1, 0.15) is 56.8 Å². The van der Waals surface area contributed by atoms with Gasteiger partial charge in [-0.2, -0.15) is 0 Å². The molecule has 0 amide bonds. The molecule has 0 N–H and O–H groups in total. The fraction of sp³-hybridized carbons (Fsp3) is 0.193. The van der Waals surface area contributed by atoms with Gasteiger partial charge in [0.25, 0.3) is 0 Å². The lowest BCUT2D eigenvalue weighted by Gasteiger charge is -2.33. The van der Waals surface area contributed by atoms with E-state index in [4.69, 9.17) is 16.1 Å². The van der Waals surface area contributed by atoms with Gasteiger partial charge in [0, 0.05) is 55.1 Å². The number of ether oxygens (including phenoxy) is 2. The van der Waals surface area contributed by atoms with Crippen LogP contribution >= 0.6 is 0 Å². The zero-order valence-electron chi connectivity index (χ0n) is 34.1. The topological polar surface area (TPSA) is 24.9 Å². The number of anilines is 3. The van der Waals surface area contributed by atoms with Gasteiger partial charge in [0.15, 0.2) is 0 Å². The number of nitrogens with zero attached hydrogens (tertiary/aromatic N) is 2. The monoisotopic (exact) mass is 786 g/mol. The minimum Gasteiger partial charge on any atom is -0.382 e. The predicted molar refractivity (Wildman–Crippen MR) is 253 cm³/mol. The van der Waals surface area contributed by atoms with Crippen molar-refractivity contribution in [3.05, 3.63) is 165 Å². The molecule has 292 valence electrons. The fourth-order valence-electron chi connectivity index (χ4n) is 13.6. The molecule has 11 aromatic carbocycles. The van der Waals surface area contributed by atoms with Crippen LogP contribution in [0.4, 0.5) is 17.1 Å². The average Bonchev–Trinajstić information content (AvgIpc) is 4.10. The SMILES string of the molecule is C=c1c2c3cccc4c5c6c(cc7c8c9c(cc%10c%11c(c(c3)C%10)c2c(c15)c(c68)c9%11)C1C7CN(CCOCCOC)C1c1ccc(N(c2ccccc2)c2ccccc2)cc1)C4. The van der Waals surface area contributed by atoms with Crippen LogP contribution in [0.5, 0.6) is 0 Å². The molecular formula is C57H42N2O2. The maximum atomic E-state index is 6.24. The third-order valence-electron chi connectivity index (χ3n) is 15.7. The molecule has 1 fully saturated rings. The molecule has 15 rings (SSSR count). The molecule has 2 bridgehead atoms. The van der Waals surface area contributed by atoms with Gasteiger partial charge in [0.2, 0.25) is 0 Å². The van der Waals surface area contributed by atoms with Crippen molar-refractivity contribution in [2.45, 2.75) is 30.7 Å². The van der Waals surface area contributed by atoms with Crippen molar-refractivity contribution in [2.75, 3.05) is 44.9 Å². The van der Waals surface area contributed by atoms with Gasteiger partial charge in [-0.3, -0.25) is 4.90 Å². The molecule has 11 aromatic rings. The normalized spacial score (nSPS) is 18.9. The Morgan fingerprint density at radius 3 is 1.85 bits per heavy atom. The molecule has 0 radical (unpaired) electrons. The minimum absolute atomic E-state index is 0.193. The second-order valence-corrected chi connectivity index (χ2v) is 18.4. The highest BCUT2D eigenvalue weighted by Gasteiger charge is 2.49. The predicted octanol–water partition coefficient (Wildman–Crippen LogP) is 12.4. The maximum Gasteiger partial charge on any atom is 0.0700 e. The van der Waals surface area contributed by atoms with Gasteiger partial charge < -0.3 is 14.4 Å². The summed E-state index contributed by atoms with van der Waals surface area (Å²) in [4.78, 5) is 5.14. The number of benzene rings is 8. The summed E-state index contributed by atoms with van der Waals surface area (Å²) in [5.74, 6) is 0.669. The van der Waals surface area contributed by atoms with E-state index in [1.54, 1.807) is 39.8 Å². The number of likely N-dealkylation sites (tertiary alicyclic amines) is 1. The second-order valence-electron chi connectivity index (χ2n) is 18.4. The van der Waals surface area contributed by atoms with Crippen LogP contribution < -0.4 is 10.1 Å². The molecule has 4 nitrogen and oxygen atoms in total. The number of methoxy groups -OCH3 is 1. The molecule has 0 spiro atoms. The first-order valence-corrected chi connectivity index (χ1v) is 22.2. The molecule has 4 aliphatic rings. The van der Waals surface area contributed by atoms with E-state index in [2.05, 4.69) is 131 Å². The van der Waals surface area contributed by atoms with E-state index < -0.39 is 0 Å². The van der Waals surface area contributed by atoms with Gasteiger partial charge in [-0.1, -0.05) is 91.5 Å². The Hall–Kier alpha value is -6.30. The highest BCUT2D eigenvalue weighted by Crippen LogP contribution is 2.65. The highest BCUT2D eigenvalue weighted by molar-refractivity contribution is 6.54. The van der Waals surface area contributed by atoms with Crippen molar-refractivity contribution in [1.29, 1.82) is 0 Å². The molecule has 3 aliphatic carbocycles. The summed E-state index contributed by atoms with van der Waals surface area (Å²) in [7, 11) is 1.75. The molecular weight excluding hydrogens is 745 g/mol. The second kappa shape index (κ2) is 11.7. The quantitative estimate of drug-likeness (QED) is 0.102. The summed E-state index contributed by atoms with van der Waals surface area (Å²) < 4.78 is 11.6. The molecule has 1 saturated heterocycles. The highest BCUT2D eigenvalue weighted by atomic mass is 16.5. The first-order chi connectivity index (χ1) is 30.2. The average molecular weight is 787 g/mol. The Kier molecular flexibility index (Phi) is 6.43. The van der Waals surface area contributed by atoms with Crippen molar-refractivity contribution in [1.82, 2.24) is 4.90 Å². The molecule has 1 aliphatic heterocycles. The Labute approximate surface area is 353 Å². The van der Waals surface area contributed by atoms with Gasteiger partial charge in [0.1, 0.15) is 0 Å². The van der Waals surface area contributed by atoms with E-state index in [1.165, 1.54) is 86.9 Å².